The van der Waals surface area contributed by atoms with Gasteiger partial charge >= 0.3 is 0 Å². The Kier molecular flexibility index (Phi) is 5.31. The van der Waals surface area contributed by atoms with E-state index in [1.54, 1.807) is 4.90 Å². The van der Waals surface area contributed by atoms with Crippen LogP contribution in [0.2, 0.25) is 0 Å². The largest absolute Gasteiger partial charge is 0.333 e. The molecule has 0 unspecified atom stereocenters. The lowest BCUT2D eigenvalue weighted by atomic mass is 10.00. The molecule has 0 radical (unpaired) electrons. The maximum atomic E-state index is 12.3. The number of rotatable bonds is 5. The molecule has 1 aromatic heterocycles. The van der Waals surface area contributed by atoms with Crippen LogP contribution in [0.25, 0.3) is 0 Å². The molecule has 2 aliphatic rings. The Morgan fingerprint density at radius 1 is 1.26 bits per heavy atom. The first-order valence-electron chi connectivity index (χ1n) is 8.61. The average molecular weight is 334 g/mol. The molecule has 2 heterocycles. The number of hydrogen-bond donors (Lipinski definition) is 3. The van der Waals surface area contributed by atoms with Crippen LogP contribution in [0, 0.1) is 11.3 Å². The number of hydrogen-bond acceptors (Lipinski definition) is 3. The SMILES string of the molecule is N#CC1(NC(=O)C[NH+]2CC[NH+](Cc3cccs3)CC2)CCCC1. The number of piperazine rings is 1. The number of nitriles is 1. The zero-order valence-electron chi connectivity index (χ0n) is 13.6. The highest BCUT2D eigenvalue weighted by molar-refractivity contribution is 7.09. The first-order valence-corrected chi connectivity index (χ1v) is 9.49. The molecule has 1 saturated carbocycles. The number of carbonyl (C=O) groups is 1. The molecule has 2 fully saturated rings. The number of thiophene rings is 1. The fourth-order valence-electron chi connectivity index (χ4n) is 3.75. The van der Waals surface area contributed by atoms with E-state index in [9.17, 15) is 10.1 Å². The van der Waals surface area contributed by atoms with Crippen LogP contribution in [0.5, 0.6) is 0 Å². The Bertz CT molecular complexity index is 552. The van der Waals surface area contributed by atoms with Gasteiger partial charge in [-0.2, -0.15) is 5.26 Å². The van der Waals surface area contributed by atoms with Gasteiger partial charge in [0.15, 0.2) is 6.54 Å². The number of amides is 1. The van der Waals surface area contributed by atoms with Crippen molar-refractivity contribution >= 4 is 17.2 Å². The highest BCUT2D eigenvalue weighted by Crippen LogP contribution is 2.28. The maximum absolute atomic E-state index is 12.3. The Morgan fingerprint density at radius 3 is 2.57 bits per heavy atom. The smallest absolute Gasteiger partial charge is 0.276 e. The Hall–Kier alpha value is -1.42. The van der Waals surface area contributed by atoms with Crippen molar-refractivity contribution in [3.8, 4) is 6.07 Å². The second kappa shape index (κ2) is 7.43. The predicted octanol–water partition coefficient (Wildman–Crippen LogP) is -1.02. The molecule has 1 amide bonds. The van der Waals surface area contributed by atoms with Crippen molar-refractivity contribution in [2.24, 2.45) is 0 Å². The first-order chi connectivity index (χ1) is 11.2. The number of quaternary nitrogens is 2. The van der Waals surface area contributed by atoms with Crippen molar-refractivity contribution < 1.29 is 14.6 Å². The van der Waals surface area contributed by atoms with Crippen LogP contribution in [-0.4, -0.2) is 44.2 Å². The van der Waals surface area contributed by atoms with E-state index in [1.165, 1.54) is 9.78 Å². The molecule has 5 nitrogen and oxygen atoms in total. The Balaban J connectivity index is 1.41. The summed E-state index contributed by atoms with van der Waals surface area (Å²) in [6, 6.07) is 6.65. The lowest BCUT2D eigenvalue weighted by Crippen LogP contribution is -3.28. The second-order valence-corrected chi connectivity index (χ2v) is 7.91. The van der Waals surface area contributed by atoms with Crippen molar-refractivity contribution in [1.82, 2.24) is 5.32 Å². The standard InChI is InChI=1S/C17H24N4OS/c18-14-17(5-1-2-6-17)19-16(22)13-21-9-7-20(8-10-21)12-15-4-3-11-23-15/h3-4,11H,1-2,5-10,12-13H2,(H,19,22)/p+2. The fraction of sp³-hybridized carbons (Fsp3) is 0.647. The van der Waals surface area contributed by atoms with Crippen molar-refractivity contribution in [3.63, 3.8) is 0 Å². The zero-order valence-corrected chi connectivity index (χ0v) is 14.4. The minimum Gasteiger partial charge on any atom is -0.333 e. The molecule has 6 heteroatoms. The maximum Gasteiger partial charge on any atom is 0.276 e. The van der Waals surface area contributed by atoms with Gasteiger partial charge in [0.05, 0.1) is 10.9 Å². The molecule has 1 aliphatic heterocycles. The van der Waals surface area contributed by atoms with Gasteiger partial charge in [-0.3, -0.25) is 4.79 Å². The van der Waals surface area contributed by atoms with Gasteiger partial charge in [-0.1, -0.05) is 6.07 Å². The third-order valence-corrected chi connectivity index (χ3v) is 6.01. The summed E-state index contributed by atoms with van der Waals surface area (Å²) in [7, 11) is 0. The molecule has 3 rings (SSSR count). The van der Waals surface area contributed by atoms with Gasteiger partial charge in [-0.15, -0.1) is 11.3 Å². The van der Waals surface area contributed by atoms with E-state index < -0.39 is 5.54 Å². The van der Waals surface area contributed by atoms with Crippen LogP contribution >= 0.6 is 11.3 Å². The Morgan fingerprint density at radius 2 is 1.96 bits per heavy atom. The van der Waals surface area contributed by atoms with Gasteiger partial charge in [0.2, 0.25) is 0 Å². The molecular formula is C17H26N4OS+2. The highest BCUT2D eigenvalue weighted by atomic mass is 32.1. The Labute approximate surface area is 141 Å². The van der Waals surface area contributed by atoms with Gasteiger partial charge < -0.3 is 15.1 Å². The molecule has 1 aliphatic carbocycles. The molecule has 124 valence electrons. The van der Waals surface area contributed by atoms with E-state index in [-0.39, 0.29) is 5.91 Å². The molecular weight excluding hydrogens is 308 g/mol. The molecule has 3 N–H and O–H groups in total. The summed E-state index contributed by atoms with van der Waals surface area (Å²) in [4.78, 5) is 16.7. The molecule has 0 spiro atoms. The van der Waals surface area contributed by atoms with Crippen LogP contribution < -0.4 is 15.1 Å². The molecule has 0 aromatic carbocycles. The van der Waals surface area contributed by atoms with E-state index in [1.807, 2.05) is 11.3 Å². The normalized spacial score (nSPS) is 26.6. The fourth-order valence-corrected chi connectivity index (χ4v) is 4.53. The average Bonchev–Trinajstić information content (AvgIpc) is 3.21. The van der Waals surface area contributed by atoms with Crippen LogP contribution in [0.15, 0.2) is 17.5 Å². The first kappa shape index (κ1) is 16.4. The van der Waals surface area contributed by atoms with Gasteiger partial charge in [-0.25, -0.2) is 0 Å². The van der Waals surface area contributed by atoms with Gasteiger partial charge in [0.25, 0.3) is 5.91 Å². The molecule has 23 heavy (non-hydrogen) atoms. The summed E-state index contributed by atoms with van der Waals surface area (Å²) in [5.74, 6) is 0.0464. The van der Waals surface area contributed by atoms with Crippen molar-refractivity contribution in [2.45, 2.75) is 37.8 Å². The second-order valence-electron chi connectivity index (χ2n) is 6.88. The number of nitrogens with zero attached hydrogens (tertiary/aromatic N) is 1. The zero-order chi connectivity index (χ0) is 16.1. The third-order valence-electron chi connectivity index (χ3n) is 5.13. The van der Waals surface area contributed by atoms with Crippen LogP contribution in [0.1, 0.15) is 30.6 Å². The molecule has 1 aromatic rings. The summed E-state index contributed by atoms with van der Waals surface area (Å²) in [5, 5.41) is 14.5. The van der Waals surface area contributed by atoms with E-state index >= 15 is 0 Å². The van der Waals surface area contributed by atoms with Crippen molar-refractivity contribution in [3.05, 3.63) is 22.4 Å². The predicted molar refractivity (Wildman–Crippen MR) is 89.2 cm³/mol. The number of nitrogens with one attached hydrogen (secondary N) is 3. The minimum absolute atomic E-state index is 0.0464. The lowest BCUT2D eigenvalue weighted by molar-refractivity contribution is -1.01. The van der Waals surface area contributed by atoms with Gasteiger partial charge in [0, 0.05) is 0 Å². The topological polar surface area (TPSA) is 61.8 Å². The minimum atomic E-state index is -0.581. The van der Waals surface area contributed by atoms with Gasteiger partial charge in [0.1, 0.15) is 38.3 Å². The summed E-state index contributed by atoms with van der Waals surface area (Å²) < 4.78 is 0. The quantitative estimate of drug-likeness (QED) is 0.646. The summed E-state index contributed by atoms with van der Waals surface area (Å²) in [6.45, 7) is 5.92. The van der Waals surface area contributed by atoms with E-state index in [2.05, 4.69) is 28.9 Å². The van der Waals surface area contributed by atoms with Crippen LogP contribution in [-0.2, 0) is 11.3 Å². The van der Waals surface area contributed by atoms with E-state index in [0.29, 0.717) is 6.54 Å². The van der Waals surface area contributed by atoms with Gasteiger partial charge in [-0.05, 0) is 37.1 Å². The highest BCUT2D eigenvalue weighted by Gasteiger charge is 2.36. The van der Waals surface area contributed by atoms with Crippen LogP contribution in [0.4, 0.5) is 0 Å². The molecule has 0 atom stereocenters. The molecule has 0 bridgehead atoms. The molecule has 1 saturated heterocycles. The third kappa shape index (κ3) is 4.31. The summed E-state index contributed by atoms with van der Waals surface area (Å²) in [5.41, 5.74) is -0.581. The summed E-state index contributed by atoms with van der Waals surface area (Å²) >= 11 is 1.83. The number of carbonyl (C=O) groups excluding carboxylic acids is 1. The lowest BCUT2D eigenvalue weighted by Gasteiger charge is -2.30. The van der Waals surface area contributed by atoms with Crippen LogP contribution in [0.3, 0.4) is 0 Å². The van der Waals surface area contributed by atoms with Crippen molar-refractivity contribution in [1.29, 1.82) is 5.26 Å². The van der Waals surface area contributed by atoms with Crippen molar-refractivity contribution in [2.75, 3.05) is 32.7 Å². The van der Waals surface area contributed by atoms with E-state index in [4.69, 9.17) is 0 Å². The summed E-state index contributed by atoms with van der Waals surface area (Å²) in [6.07, 6.45) is 3.71. The monoisotopic (exact) mass is 334 g/mol. The van der Waals surface area contributed by atoms with E-state index in [0.717, 1.165) is 58.4 Å².